The lowest BCUT2D eigenvalue weighted by molar-refractivity contribution is -0.123. The summed E-state index contributed by atoms with van der Waals surface area (Å²) in [5.41, 5.74) is 5.40. The van der Waals surface area contributed by atoms with Gasteiger partial charge in [-0.2, -0.15) is 5.10 Å². The number of aryl methyl sites for hydroxylation is 1. The summed E-state index contributed by atoms with van der Waals surface area (Å²) < 4.78 is 5.39. The molecule has 23 heavy (non-hydrogen) atoms. The molecule has 0 atom stereocenters. The molecular weight excluding hydrogens is 288 g/mol. The number of amides is 1. The Kier molecular flexibility index (Phi) is 6.12. The average Bonchev–Trinajstić information content (AvgIpc) is 2.58. The quantitative estimate of drug-likeness (QED) is 0.655. The highest BCUT2D eigenvalue weighted by atomic mass is 16.5. The minimum Gasteiger partial charge on any atom is -0.484 e. The highest BCUT2D eigenvalue weighted by Gasteiger charge is 2.01. The Labute approximate surface area is 136 Å². The molecule has 2 aromatic rings. The zero-order chi connectivity index (χ0) is 16.5. The van der Waals surface area contributed by atoms with E-state index in [1.165, 1.54) is 0 Å². The van der Waals surface area contributed by atoms with Crippen molar-refractivity contribution in [2.24, 2.45) is 5.10 Å². The fourth-order valence-corrected chi connectivity index (χ4v) is 1.78. The second-order valence-corrected chi connectivity index (χ2v) is 5.13. The van der Waals surface area contributed by atoms with Gasteiger partial charge in [-0.05, 0) is 37.6 Å². The molecule has 4 nitrogen and oxygen atoms in total. The number of hydrogen-bond donors (Lipinski definition) is 1. The zero-order valence-electron chi connectivity index (χ0n) is 13.3. The van der Waals surface area contributed by atoms with Gasteiger partial charge in [0, 0.05) is 0 Å². The molecule has 0 saturated carbocycles. The highest BCUT2D eigenvalue weighted by molar-refractivity contribution is 5.97. The minimum absolute atomic E-state index is 0.0672. The van der Waals surface area contributed by atoms with Gasteiger partial charge in [0.15, 0.2) is 6.61 Å². The molecule has 1 amide bonds. The second kappa shape index (κ2) is 8.54. The van der Waals surface area contributed by atoms with Crippen LogP contribution in [0.3, 0.4) is 0 Å². The predicted molar refractivity (Wildman–Crippen MR) is 93.4 cm³/mol. The average molecular weight is 308 g/mol. The van der Waals surface area contributed by atoms with Crippen molar-refractivity contribution >= 4 is 17.7 Å². The van der Waals surface area contributed by atoms with Gasteiger partial charge in [0.2, 0.25) is 0 Å². The lowest BCUT2D eigenvalue weighted by atomic mass is 10.2. The van der Waals surface area contributed by atoms with Crippen molar-refractivity contribution in [3.8, 4) is 5.75 Å². The minimum atomic E-state index is -0.293. The molecule has 2 aromatic carbocycles. The summed E-state index contributed by atoms with van der Waals surface area (Å²) in [6.45, 7) is 3.75. The monoisotopic (exact) mass is 308 g/mol. The maximum absolute atomic E-state index is 11.7. The van der Waals surface area contributed by atoms with Gasteiger partial charge >= 0.3 is 0 Å². The molecule has 2 rings (SSSR count). The normalized spacial score (nSPS) is 11.5. The van der Waals surface area contributed by atoms with Crippen molar-refractivity contribution in [3.63, 3.8) is 0 Å². The molecule has 0 spiro atoms. The van der Waals surface area contributed by atoms with E-state index in [0.717, 1.165) is 11.1 Å². The van der Waals surface area contributed by atoms with Gasteiger partial charge in [-0.3, -0.25) is 4.79 Å². The van der Waals surface area contributed by atoms with Gasteiger partial charge < -0.3 is 4.74 Å². The summed E-state index contributed by atoms with van der Waals surface area (Å²) in [7, 11) is 0. The van der Waals surface area contributed by atoms with E-state index in [-0.39, 0.29) is 12.5 Å². The van der Waals surface area contributed by atoms with Crippen LogP contribution in [0.5, 0.6) is 5.75 Å². The first-order valence-corrected chi connectivity index (χ1v) is 7.39. The summed E-state index contributed by atoms with van der Waals surface area (Å²) in [6, 6.07) is 17.4. The van der Waals surface area contributed by atoms with E-state index < -0.39 is 0 Å². The number of nitrogens with zero attached hydrogens (tertiary/aromatic N) is 1. The topological polar surface area (TPSA) is 50.7 Å². The zero-order valence-corrected chi connectivity index (χ0v) is 13.3. The van der Waals surface area contributed by atoms with Gasteiger partial charge in [-0.25, -0.2) is 5.43 Å². The number of nitrogens with one attached hydrogen (secondary N) is 1. The summed E-state index contributed by atoms with van der Waals surface area (Å²) in [5, 5.41) is 4.02. The van der Waals surface area contributed by atoms with Gasteiger partial charge in [0.05, 0.1) is 5.71 Å². The van der Waals surface area contributed by atoms with Gasteiger partial charge in [-0.1, -0.05) is 54.1 Å². The first-order chi connectivity index (χ1) is 11.1. The Morgan fingerprint density at radius 2 is 1.83 bits per heavy atom. The first-order valence-electron chi connectivity index (χ1n) is 7.39. The molecule has 0 aliphatic rings. The molecular formula is C19H20N2O2. The molecule has 118 valence electrons. The van der Waals surface area contributed by atoms with Crippen molar-refractivity contribution in [2.75, 3.05) is 6.61 Å². The molecule has 0 aliphatic carbocycles. The van der Waals surface area contributed by atoms with Crippen LogP contribution in [0.2, 0.25) is 0 Å². The molecule has 0 bridgehead atoms. The Morgan fingerprint density at radius 1 is 1.13 bits per heavy atom. The highest BCUT2D eigenvalue weighted by Crippen LogP contribution is 2.10. The third kappa shape index (κ3) is 6.18. The van der Waals surface area contributed by atoms with E-state index in [2.05, 4.69) is 10.5 Å². The number of ether oxygens (including phenoxy) is 1. The van der Waals surface area contributed by atoms with E-state index in [0.29, 0.717) is 11.5 Å². The van der Waals surface area contributed by atoms with Crippen molar-refractivity contribution < 1.29 is 9.53 Å². The van der Waals surface area contributed by atoms with Crippen LogP contribution in [0.1, 0.15) is 18.1 Å². The molecule has 0 aromatic heterocycles. The van der Waals surface area contributed by atoms with Gasteiger partial charge in [0.1, 0.15) is 5.75 Å². The number of rotatable bonds is 6. The largest absolute Gasteiger partial charge is 0.484 e. The summed E-state index contributed by atoms with van der Waals surface area (Å²) in [6.07, 6.45) is 3.78. The first kappa shape index (κ1) is 16.5. The maximum atomic E-state index is 11.7. The van der Waals surface area contributed by atoms with Crippen LogP contribution in [0.15, 0.2) is 65.8 Å². The lowest BCUT2D eigenvalue weighted by Gasteiger charge is -2.05. The maximum Gasteiger partial charge on any atom is 0.277 e. The SMILES string of the molecule is CC(C=Cc1ccccc1)=NNC(=O)COc1ccc(C)cc1. The fourth-order valence-electron chi connectivity index (χ4n) is 1.78. The van der Waals surface area contributed by atoms with Crippen LogP contribution in [-0.4, -0.2) is 18.2 Å². The second-order valence-electron chi connectivity index (χ2n) is 5.13. The number of allylic oxidation sites excluding steroid dienone is 1. The van der Waals surface area contributed by atoms with Crippen molar-refractivity contribution in [1.82, 2.24) is 5.43 Å². The van der Waals surface area contributed by atoms with Crippen molar-refractivity contribution in [3.05, 3.63) is 71.8 Å². The van der Waals surface area contributed by atoms with Gasteiger partial charge in [-0.15, -0.1) is 0 Å². The smallest absolute Gasteiger partial charge is 0.277 e. The van der Waals surface area contributed by atoms with E-state index in [4.69, 9.17) is 4.74 Å². The summed E-state index contributed by atoms with van der Waals surface area (Å²) in [5.74, 6) is 0.369. The molecule has 0 aliphatic heterocycles. The molecule has 0 radical (unpaired) electrons. The van der Waals surface area contributed by atoms with Crippen LogP contribution >= 0.6 is 0 Å². The van der Waals surface area contributed by atoms with Gasteiger partial charge in [0.25, 0.3) is 5.91 Å². The molecule has 0 saturated heterocycles. The summed E-state index contributed by atoms with van der Waals surface area (Å²) in [4.78, 5) is 11.7. The van der Waals surface area contributed by atoms with Crippen LogP contribution < -0.4 is 10.2 Å². The molecule has 0 fully saturated rings. The fraction of sp³-hybridized carbons (Fsp3) is 0.158. The van der Waals surface area contributed by atoms with E-state index in [1.807, 2.05) is 80.6 Å². The Hall–Kier alpha value is -2.88. The third-order valence-electron chi connectivity index (χ3n) is 3.06. The number of hydrogen-bond acceptors (Lipinski definition) is 3. The molecule has 0 unspecified atom stereocenters. The number of benzene rings is 2. The molecule has 1 N–H and O–H groups in total. The van der Waals surface area contributed by atoms with Crippen LogP contribution in [0, 0.1) is 6.92 Å². The van der Waals surface area contributed by atoms with E-state index in [1.54, 1.807) is 0 Å². The predicted octanol–water partition coefficient (Wildman–Crippen LogP) is 3.58. The lowest BCUT2D eigenvalue weighted by Crippen LogP contribution is -2.25. The van der Waals surface area contributed by atoms with Crippen molar-refractivity contribution in [1.29, 1.82) is 0 Å². The Balaban J connectivity index is 1.78. The van der Waals surface area contributed by atoms with Crippen LogP contribution in [0.4, 0.5) is 0 Å². The van der Waals surface area contributed by atoms with E-state index in [9.17, 15) is 4.79 Å². The summed E-state index contributed by atoms with van der Waals surface area (Å²) >= 11 is 0. The number of hydrazone groups is 1. The standard InChI is InChI=1S/C19H20N2O2/c1-15-8-12-18(13-9-15)23-14-19(22)21-20-16(2)10-11-17-6-4-3-5-7-17/h3-13H,14H2,1-2H3,(H,21,22). The van der Waals surface area contributed by atoms with Crippen LogP contribution in [-0.2, 0) is 4.79 Å². The number of carbonyl (C=O) groups is 1. The Morgan fingerprint density at radius 3 is 2.52 bits per heavy atom. The van der Waals surface area contributed by atoms with Crippen LogP contribution in [0.25, 0.3) is 6.08 Å². The van der Waals surface area contributed by atoms with Crippen molar-refractivity contribution in [2.45, 2.75) is 13.8 Å². The number of carbonyl (C=O) groups excluding carboxylic acids is 1. The Bertz CT molecular complexity index is 689. The third-order valence-corrected chi connectivity index (χ3v) is 3.06. The molecule has 0 heterocycles. The molecule has 4 heteroatoms. The van der Waals surface area contributed by atoms with E-state index >= 15 is 0 Å².